The molecule has 0 aromatic carbocycles. The quantitative estimate of drug-likeness (QED) is 0.488. The van der Waals surface area contributed by atoms with E-state index >= 15 is 0 Å². The van der Waals surface area contributed by atoms with Crippen molar-refractivity contribution >= 4 is 17.1 Å². The smallest absolute Gasteiger partial charge is 0.334 e. The Morgan fingerprint density at radius 1 is 1.52 bits per heavy atom. The van der Waals surface area contributed by atoms with Gasteiger partial charge in [-0.25, -0.2) is 9.36 Å². The lowest BCUT2D eigenvalue weighted by molar-refractivity contribution is -0.0509. The summed E-state index contributed by atoms with van der Waals surface area (Å²) >= 11 is 0. The first-order chi connectivity index (χ1) is 11.0. The molecule has 0 spiro atoms. The summed E-state index contributed by atoms with van der Waals surface area (Å²) in [5, 5.41) is 19.3. The van der Waals surface area contributed by atoms with Crippen molar-refractivity contribution in [2.45, 2.75) is 31.6 Å². The minimum atomic E-state index is -1.08. The molecule has 126 valence electrons. The van der Waals surface area contributed by atoms with Crippen molar-refractivity contribution in [1.82, 2.24) is 19.1 Å². The van der Waals surface area contributed by atoms with Crippen molar-refractivity contribution in [3.05, 3.63) is 20.8 Å². The van der Waals surface area contributed by atoms with Gasteiger partial charge in [-0.3, -0.25) is 14.3 Å². The fourth-order valence-corrected chi connectivity index (χ4v) is 2.76. The second-order valence-electron chi connectivity index (χ2n) is 5.26. The Morgan fingerprint density at radius 2 is 2.26 bits per heavy atom. The molecule has 2 aromatic rings. The SMILES string of the molecule is COCn1c(=O)n([C@@H]2O[C@H](CO)C[C@H]2O)c2nc(N)[nH]c(=O)c21. The first-order valence-electron chi connectivity index (χ1n) is 6.91. The van der Waals surface area contributed by atoms with Gasteiger partial charge in [0.25, 0.3) is 5.56 Å². The molecule has 2 aromatic heterocycles. The van der Waals surface area contributed by atoms with Crippen molar-refractivity contribution < 1.29 is 19.7 Å². The third-order valence-corrected chi connectivity index (χ3v) is 3.71. The van der Waals surface area contributed by atoms with Crippen LogP contribution in [0.4, 0.5) is 5.95 Å². The summed E-state index contributed by atoms with van der Waals surface area (Å²) in [7, 11) is 1.37. The Labute approximate surface area is 128 Å². The van der Waals surface area contributed by atoms with Crippen LogP contribution in [0.5, 0.6) is 0 Å². The van der Waals surface area contributed by atoms with E-state index in [1.807, 2.05) is 0 Å². The minimum Gasteiger partial charge on any atom is -0.394 e. The highest BCUT2D eigenvalue weighted by Gasteiger charge is 2.38. The first kappa shape index (κ1) is 15.7. The van der Waals surface area contributed by atoms with Gasteiger partial charge < -0.3 is 25.4 Å². The number of ether oxygens (including phenoxy) is 2. The van der Waals surface area contributed by atoms with Gasteiger partial charge in [0.15, 0.2) is 17.4 Å². The standard InChI is InChI=1S/C12H17N5O6/c1-22-4-16-7-8(14-11(13)15-9(7)20)17(12(16)21)10-6(19)2-5(3-18)23-10/h5-6,10,18-19H,2-4H2,1H3,(H3,13,14,15,20)/t5-,6+,10+/m0/s1. The van der Waals surface area contributed by atoms with E-state index in [2.05, 4.69) is 9.97 Å². The number of aliphatic hydroxyl groups excluding tert-OH is 2. The van der Waals surface area contributed by atoms with Gasteiger partial charge in [-0.05, 0) is 0 Å². The number of nitrogens with zero attached hydrogens (tertiary/aromatic N) is 3. The topological polar surface area (TPSA) is 158 Å². The maximum Gasteiger partial charge on any atom is 0.334 e. The van der Waals surface area contributed by atoms with E-state index < -0.39 is 29.7 Å². The minimum absolute atomic E-state index is 0.0176. The molecule has 1 fully saturated rings. The fourth-order valence-electron chi connectivity index (χ4n) is 2.76. The molecule has 0 amide bonds. The molecule has 3 atom stereocenters. The lowest BCUT2D eigenvalue weighted by Gasteiger charge is -2.15. The average Bonchev–Trinajstić information content (AvgIpc) is 2.98. The zero-order valence-corrected chi connectivity index (χ0v) is 12.3. The predicted molar refractivity (Wildman–Crippen MR) is 77.7 cm³/mol. The summed E-state index contributed by atoms with van der Waals surface area (Å²) in [5.41, 5.74) is 4.26. The van der Waals surface area contributed by atoms with Crippen molar-refractivity contribution in [3.63, 3.8) is 0 Å². The van der Waals surface area contributed by atoms with Crippen LogP contribution in [0.25, 0.3) is 11.2 Å². The van der Waals surface area contributed by atoms with Crippen molar-refractivity contribution in [2.75, 3.05) is 19.5 Å². The van der Waals surface area contributed by atoms with Gasteiger partial charge >= 0.3 is 5.69 Å². The lowest BCUT2D eigenvalue weighted by Crippen LogP contribution is -2.32. The second kappa shape index (κ2) is 5.77. The zero-order valence-electron chi connectivity index (χ0n) is 12.3. The van der Waals surface area contributed by atoms with Gasteiger partial charge in [-0.2, -0.15) is 4.98 Å². The summed E-state index contributed by atoms with van der Waals surface area (Å²) in [4.78, 5) is 31.1. The van der Waals surface area contributed by atoms with Crippen LogP contribution in [0, 0.1) is 0 Å². The van der Waals surface area contributed by atoms with Crippen molar-refractivity contribution in [1.29, 1.82) is 0 Å². The van der Waals surface area contributed by atoms with E-state index in [9.17, 15) is 14.7 Å². The highest BCUT2D eigenvalue weighted by atomic mass is 16.5. The number of aromatic amines is 1. The molecule has 0 unspecified atom stereocenters. The second-order valence-corrected chi connectivity index (χ2v) is 5.26. The number of nitrogens with one attached hydrogen (secondary N) is 1. The third kappa shape index (κ3) is 2.43. The Bertz CT molecular complexity index is 839. The largest absolute Gasteiger partial charge is 0.394 e. The molecular formula is C12H17N5O6. The molecule has 0 saturated carbocycles. The number of nitrogen functional groups attached to an aromatic ring is 1. The van der Waals surface area contributed by atoms with Gasteiger partial charge in [-0.15, -0.1) is 0 Å². The molecule has 23 heavy (non-hydrogen) atoms. The van der Waals surface area contributed by atoms with Gasteiger partial charge in [0.1, 0.15) is 12.8 Å². The van der Waals surface area contributed by atoms with Crippen LogP contribution in [-0.2, 0) is 16.2 Å². The van der Waals surface area contributed by atoms with E-state index in [0.717, 1.165) is 9.13 Å². The normalized spacial score (nSPS) is 24.6. The average molecular weight is 327 g/mol. The summed E-state index contributed by atoms with van der Waals surface area (Å²) in [5.74, 6) is -0.169. The third-order valence-electron chi connectivity index (χ3n) is 3.71. The monoisotopic (exact) mass is 327 g/mol. The summed E-state index contributed by atoms with van der Waals surface area (Å²) in [6.07, 6.45) is -2.56. The molecular weight excluding hydrogens is 310 g/mol. The molecule has 11 nitrogen and oxygen atoms in total. The van der Waals surface area contributed by atoms with Gasteiger partial charge in [0.2, 0.25) is 5.95 Å². The van der Waals surface area contributed by atoms with E-state index in [4.69, 9.17) is 20.3 Å². The van der Waals surface area contributed by atoms with Gasteiger partial charge in [0, 0.05) is 13.5 Å². The lowest BCUT2D eigenvalue weighted by atomic mass is 10.2. The number of aromatic nitrogens is 4. The van der Waals surface area contributed by atoms with Crippen LogP contribution >= 0.6 is 0 Å². The predicted octanol–water partition coefficient (Wildman–Crippen LogP) is -2.29. The molecule has 0 bridgehead atoms. The number of imidazole rings is 1. The van der Waals surface area contributed by atoms with Gasteiger partial charge in [-0.1, -0.05) is 0 Å². The number of fused-ring (bicyclic) bond motifs is 1. The first-order valence-corrected chi connectivity index (χ1v) is 6.91. The van der Waals surface area contributed by atoms with E-state index in [1.54, 1.807) is 0 Å². The zero-order chi connectivity index (χ0) is 16.7. The Morgan fingerprint density at radius 3 is 2.87 bits per heavy atom. The van der Waals surface area contributed by atoms with E-state index in [0.29, 0.717) is 0 Å². The maximum atomic E-state index is 12.6. The number of hydrogen-bond acceptors (Lipinski definition) is 8. The maximum absolute atomic E-state index is 12.6. The van der Waals surface area contributed by atoms with E-state index in [1.165, 1.54) is 7.11 Å². The van der Waals surface area contributed by atoms with Crippen molar-refractivity contribution in [2.24, 2.45) is 0 Å². The number of anilines is 1. The number of methoxy groups -OCH3 is 1. The summed E-state index contributed by atoms with van der Waals surface area (Å²) < 4.78 is 12.6. The Hall–Kier alpha value is -2.21. The molecule has 0 aliphatic carbocycles. The number of H-pyrrole nitrogens is 1. The fraction of sp³-hybridized carbons (Fsp3) is 0.583. The number of rotatable bonds is 4. The van der Waals surface area contributed by atoms with E-state index in [-0.39, 0.29) is 36.9 Å². The molecule has 3 rings (SSSR count). The van der Waals surface area contributed by atoms with Crippen LogP contribution in [0.15, 0.2) is 9.59 Å². The molecule has 3 heterocycles. The van der Waals surface area contributed by atoms with Crippen molar-refractivity contribution in [3.8, 4) is 0 Å². The summed E-state index contributed by atoms with van der Waals surface area (Å²) in [6, 6.07) is 0. The van der Waals surface area contributed by atoms with Gasteiger partial charge in [0.05, 0.1) is 12.7 Å². The van der Waals surface area contributed by atoms with Crippen LogP contribution in [-0.4, -0.2) is 55.2 Å². The highest BCUT2D eigenvalue weighted by molar-refractivity contribution is 5.71. The highest BCUT2D eigenvalue weighted by Crippen LogP contribution is 2.29. The summed E-state index contributed by atoms with van der Waals surface area (Å²) in [6.45, 7) is -0.474. The Kier molecular flexibility index (Phi) is 3.93. The number of aliphatic hydroxyl groups is 2. The molecule has 1 aliphatic heterocycles. The number of hydrogen-bond donors (Lipinski definition) is 4. The molecule has 1 aliphatic rings. The van der Waals surface area contributed by atoms with Crippen LogP contribution in [0.2, 0.25) is 0 Å². The molecule has 1 saturated heterocycles. The van der Waals surface area contributed by atoms with Crippen LogP contribution < -0.4 is 17.0 Å². The van der Waals surface area contributed by atoms with Crippen LogP contribution in [0.3, 0.4) is 0 Å². The number of nitrogens with two attached hydrogens (primary N) is 1. The molecule has 11 heteroatoms. The molecule has 5 N–H and O–H groups in total. The Balaban J connectivity index is 2.27. The van der Waals surface area contributed by atoms with Crippen LogP contribution in [0.1, 0.15) is 12.6 Å². The molecule has 0 radical (unpaired) electrons.